The summed E-state index contributed by atoms with van der Waals surface area (Å²) in [6, 6.07) is 10.8. The monoisotopic (exact) mass is 437 g/mol. The molecule has 0 saturated carbocycles. The third-order valence-electron chi connectivity index (χ3n) is 4.87. The largest absolute Gasteiger partial charge is 0.478 e. The summed E-state index contributed by atoms with van der Waals surface area (Å²) in [7, 11) is 0. The van der Waals surface area contributed by atoms with Gasteiger partial charge in [-0.2, -0.15) is 0 Å². The second kappa shape index (κ2) is 9.20. The lowest BCUT2D eigenvalue weighted by Crippen LogP contribution is -2.10. The van der Waals surface area contributed by atoms with Crippen LogP contribution >= 0.6 is 11.3 Å². The van der Waals surface area contributed by atoms with Gasteiger partial charge in [0.1, 0.15) is 16.6 Å². The lowest BCUT2D eigenvalue weighted by Gasteiger charge is -2.14. The van der Waals surface area contributed by atoms with Crippen molar-refractivity contribution in [3.63, 3.8) is 0 Å². The molecular weight excluding hydrogens is 417 g/mol. The molecule has 158 valence electrons. The third-order valence-corrected chi connectivity index (χ3v) is 5.76. The number of thiazole rings is 1. The van der Waals surface area contributed by atoms with E-state index in [0.717, 1.165) is 22.1 Å². The summed E-state index contributed by atoms with van der Waals surface area (Å²) < 4.78 is 19.3. The number of halogens is 1. The average Bonchev–Trinajstić information content (AvgIpc) is 3.44. The number of rotatable bonds is 8. The number of aromatic nitrogens is 3. The molecule has 0 aliphatic heterocycles. The van der Waals surface area contributed by atoms with E-state index in [4.69, 9.17) is 4.74 Å². The first-order valence-corrected chi connectivity index (χ1v) is 10.5. The van der Waals surface area contributed by atoms with Crippen LogP contribution in [0.5, 0.6) is 0 Å². The Balaban J connectivity index is 1.53. The van der Waals surface area contributed by atoms with E-state index in [9.17, 15) is 14.3 Å². The van der Waals surface area contributed by atoms with Gasteiger partial charge < -0.3 is 14.8 Å². The maximum absolute atomic E-state index is 13.3. The minimum absolute atomic E-state index is 0.0731. The molecule has 0 amide bonds. The fourth-order valence-electron chi connectivity index (χ4n) is 3.35. The standard InChI is InChI=1S/C23H20FN3O3S/c1-14-26-11-21(27-14)20(22-25-8-9-31-22)13-30-12-15-2-7-18(23(28)29)19(10-15)16-3-5-17(24)6-4-16/h2-11,20H,12-13H2,1H3,(H,26,27)(H,28,29). The molecule has 1 atom stereocenters. The van der Waals surface area contributed by atoms with E-state index < -0.39 is 5.97 Å². The summed E-state index contributed by atoms with van der Waals surface area (Å²) in [5.74, 6) is -0.659. The maximum atomic E-state index is 13.3. The van der Waals surface area contributed by atoms with Gasteiger partial charge in [0.15, 0.2) is 0 Å². The van der Waals surface area contributed by atoms with Crippen LogP contribution < -0.4 is 0 Å². The van der Waals surface area contributed by atoms with E-state index >= 15 is 0 Å². The topological polar surface area (TPSA) is 88.1 Å². The number of carboxylic acids is 1. The summed E-state index contributed by atoms with van der Waals surface area (Å²) in [5, 5.41) is 12.4. The van der Waals surface area contributed by atoms with Gasteiger partial charge in [-0.25, -0.2) is 19.2 Å². The van der Waals surface area contributed by atoms with Crippen LogP contribution in [-0.2, 0) is 11.3 Å². The van der Waals surface area contributed by atoms with E-state index in [-0.39, 0.29) is 17.3 Å². The molecule has 8 heteroatoms. The first-order valence-electron chi connectivity index (χ1n) is 9.62. The van der Waals surface area contributed by atoms with Crippen molar-refractivity contribution in [3.05, 3.63) is 93.7 Å². The van der Waals surface area contributed by atoms with Gasteiger partial charge in [-0.3, -0.25) is 0 Å². The lowest BCUT2D eigenvalue weighted by atomic mass is 9.97. The summed E-state index contributed by atoms with van der Waals surface area (Å²) >= 11 is 1.55. The molecule has 0 bridgehead atoms. The van der Waals surface area contributed by atoms with Crippen LogP contribution in [0.25, 0.3) is 11.1 Å². The summed E-state index contributed by atoms with van der Waals surface area (Å²) in [4.78, 5) is 23.6. The van der Waals surface area contributed by atoms with Gasteiger partial charge in [0.2, 0.25) is 0 Å². The zero-order valence-corrected chi connectivity index (χ0v) is 17.5. The quantitative estimate of drug-likeness (QED) is 0.404. The molecule has 2 aromatic carbocycles. The second-order valence-electron chi connectivity index (χ2n) is 7.05. The Bertz CT molecular complexity index is 1170. The van der Waals surface area contributed by atoms with E-state index in [1.54, 1.807) is 54.1 Å². The number of carboxylic acid groups (broad SMARTS) is 1. The Hall–Kier alpha value is -3.36. The Kier molecular flexibility index (Phi) is 6.20. The van der Waals surface area contributed by atoms with Gasteiger partial charge in [0.25, 0.3) is 0 Å². The van der Waals surface area contributed by atoms with Crippen molar-refractivity contribution in [1.82, 2.24) is 15.0 Å². The number of ether oxygens (including phenoxy) is 1. The van der Waals surface area contributed by atoms with Crippen LogP contribution in [0.2, 0.25) is 0 Å². The normalized spacial score (nSPS) is 12.1. The highest BCUT2D eigenvalue weighted by atomic mass is 32.1. The molecule has 2 aromatic heterocycles. The maximum Gasteiger partial charge on any atom is 0.336 e. The van der Waals surface area contributed by atoms with Gasteiger partial charge in [-0.15, -0.1) is 11.3 Å². The number of aromatic amines is 1. The van der Waals surface area contributed by atoms with Crippen LogP contribution in [0.15, 0.2) is 60.2 Å². The minimum Gasteiger partial charge on any atom is -0.478 e. The van der Waals surface area contributed by atoms with Crippen molar-refractivity contribution in [2.45, 2.75) is 19.4 Å². The predicted molar refractivity (Wildman–Crippen MR) is 116 cm³/mol. The third kappa shape index (κ3) is 4.87. The zero-order valence-electron chi connectivity index (χ0n) is 16.7. The number of nitrogens with zero attached hydrogens (tertiary/aromatic N) is 2. The molecule has 6 nitrogen and oxygen atoms in total. The Labute approximate surface area is 182 Å². The first-order chi connectivity index (χ1) is 15.0. The Morgan fingerprint density at radius 2 is 2.03 bits per heavy atom. The average molecular weight is 437 g/mol. The number of hydrogen-bond acceptors (Lipinski definition) is 5. The smallest absolute Gasteiger partial charge is 0.336 e. The molecule has 0 aliphatic rings. The Morgan fingerprint density at radius 1 is 1.23 bits per heavy atom. The molecule has 0 spiro atoms. The Morgan fingerprint density at radius 3 is 2.68 bits per heavy atom. The van der Waals surface area contributed by atoms with Crippen molar-refractivity contribution in [1.29, 1.82) is 0 Å². The van der Waals surface area contributed by atoms with E-state index in [0.29, 0.717) is 24.3 Å². The van der Waals surface area contributed by atoms with Crippen LogP contribution in [0, 0.1) is 12.7 Å². The van der Waals surface area contributed by atoms with Crippen molar-refractivity contribution in [2.75, 3.05) is 6.61 Å². The number of carbonyl (C=O) groups is 1. The number of aryl methyl sites for hydroxylation is 1. The molecule has 4 aromatic rings. The number of benzene rings is 2. The van der Waals surface area contributed by atoms with Gasteiger partial charge >= 0.3 is 5.97 Å². The highest BCUT2D eigenvalue weighted by molar-refractivity contribution is 7.09. The highest BCUT2D eigenvalue weighted by Gasteiger charge is 2.20. The molecule has 0 saturated heterocycles. The molecule has 31 heavy (non-hydrogen) atoms. The molecule has 0 radical (unpaired) electrons. The number of aromatic carboxylic acids is 1. The number of H-pyrrole nitrogens is 1. The van der Waals surface area contributed by atoms with E-state index in [2.05, 4.69) is 15.0 Å². The number of nitrogens with one attached hydrogen (secondary N) is 1. The molecule has 0 fully saturated rings. The van der Waals surface area contributed by atoms with Gasteiger partial charge in [0, 0.05) is 23.5 Å². The first kappa shape index (κ1) is 20.9. The SMILES string of the molecule is Cc1ncc(C(COCc2ccc(C(=O)O)c(-c3ccc(F)cc3)c2)c2nccs2)[nH]1. The lowest BCUT2D eigenvalue weighted by molar-refractivity contribution is 0.0697. The molecule has 2 N–H and O–H groups in total. The van der Waals surface area contributed by atoms with Crippen molar-refractivity contribution >= 4 is 17.3 Å². The zero-order chi connectivity index (χ0) is 21.8. The number of hydrogen-bond donors (Lipinski definition) is 2. The van der Waals surface area contributed by atoms with Crippen molar-refractivity contribution in [3.8, 4) is 11.1 Å². The second-order valence-corrected chi connectivity index (χ2v) is 7.98. The van der Waals surface area contributed by atoms with Crippen molar-refractivity contribution in [2.24, 2.45) is 0 Å². The molecule has 0 aliphatic carbocycles. The molecule has 4 rings (SSSR count). The predicted octanol–water partition coefficient (Wildman–Crippen LogP) is 5.03. The fourth-order valence-corrected chi connectivity index (χ4v) is 4.09. The van der Waals surface area contributed by atoms with Gasteiger partial charge in [-0.05, 0) is 47.9 Å². The summed E-state index contributed by atoms with van der Waals surface area (Å²) in [6.07, 6.45) is 3.55. The van der Waals surface area contributed by atoms with Crippen LogP contribution in [-0.4, -0.2) is 32.6 Å². The van der Waals surface area contributed by atoms with E-state index in [1.807, 2.05) is 12.3 Å². The molecule has 2 heterocycles. The van der Waals surface area contributed by atoms with Crippen molar-refractivity contribution < 1.29 is 19.0 Å². The van der Waals surface area contributed by atoms with Gasteiger partial charge in [0.05, 0.1) is 24.7 Å². The van der Waals surface area contributed by atoms with Gasteiger partial charge in [-0.1, -0.05) is 18.2 Å². The highest BCUT2D eigenvalue weighted by Crippen LogP contribution is 2.28. The molecule has 1 unspecified atom stereocenters. The summed E-state index contributed by atoms with van der Waals surface area (Å²) in [6.45, 7) is 2.58. The van der Waals surface area contributed by atoms with Crippen LogP contribution in [0.3, 0.4) is 0 Å². The minimum atomic E-state index is -1.04. The van der Waals surface area contributed by atoms with E-state index in [1.165, 1.54) is 12.1 Å². The number of imidazole rings is 1. The van der Waals surface area contributed by atoms with Crippen LogP contribution in [0.4, 0.5) is 4.39 Å². The fraction of sp³-hybridized carbons (Fsp3) is 0.174. The summed E-state index contributed by atoms with van der Waals surface area (Å²) in [5.41, 5.74) is 3.07. The molecular formula is C23H20FN3O3S. The van der Waals surface area contributed by atoms with Crippen LogP contribution in [0.1, 0.15) is 38.4 Å².